The number of anilines is 1. The van der Waals surface area contributed by atoms with Gasteiger partial charge < -0.3 is 9.72 Å². The maximum absolute atomic E-state index is 13.2. The third kappa shape index (κ3) is 2.64. The van der Waals surface area contributed by atoms with Crippen LogP contribution in [0.1, 0.15) is 5.69 Å². The van der Waals surface area contributed by atoms with Gasteiger partial charge >= 0.3 is 0 Å². The summed E-state index contributed by atoms with van der Waals surface area (Å²) in [6.45, 7) is 0.506. The van der Waals surface area contributed by atoms with Crippen molar-refractivity contribution >= 4 is 38.9 Å². The van der Waals surface area contributed by atoms with Crippen LogP contribution in [-0.2, 0) is 6.54 Å². The van der Waals surface area contributed by atoms with Crippen LogP contribution < -0.4 is 5.32 Å². The Morgan fingerprint density at radius 2 is 2.20 bits per heavy atom. The number of benzene rings is 1. The molecule has 0 unspecified atom stereocenters. The van der Waals surface area contributed by atoms with Gasteiger partial charge in [0, 0.05) is 16.9 Å². The Bertz CT molecular complexity index is 716. The third-order valence-corrected chi connectivity index (χ3v) is 3.79. The van der Waals surface area contributed by atoms with Crippen molar-refractivity contribution < 1.29 is 4.39 Å². The van der Waals surface area contributed by atoms with Gasteiger partial charge in [0.1, 0.15) is 11.5 Å². The Kier molecular flexibility index (Phi) is 3.63. The molecule has 3 nitrogen and oxygen atoms in total. The largest absolute Gasteiger partial charge is 0.377 e. The van der Waals surface area contributed by atoms with E-state index in [1.165, 1.54) is 12.1 Å². The molecule has 2 heterocycles. The Morgan fingerprint density at radius 1 is 1.35 bits per heavy atom. The molecule has 0 atom stereocenters. The molecule has 1 N–H and O–H groups in total. The number of pyridine rings is 1. The molecular weight excluding hydrogens is 345 g/mol. The molecule has 3 aromatic rings. The molecule has 0 amide bonds. The average molecular weight is 355 g/mol. The van der Waals surface area contributed by atoms with Gasteiger partial charge in [0.25, 0.3) is 0 Å². The van der Waals surface area contributed by atoms with Crippen molar-refractivity contribution in [2.24, 2.45) is 0 Å². The van der Waals surface area contributed by atoms with Crippen molar-refractivity contribution in [3.05, 3.63) is 63.7 Å². The maximum Gasteiger partial charge on any atom is 0.137 e. The molecule has 0 aliphatic heterocycles. The number of imidazole rings is 1. The summed E-state index contributed by atoms with van der Waals surface area (Å²) in [4.78, 5) is 4.47. The maximum atomic E-state index is 13.2. The van der Waals surface area contributed by atoms with Gasteiger partial charge in [-0.15, -0.1) is 0 Å². The fraction of sp³-hybridized carbons (Fsp3) is 0.0714. The fourth-order valence-corrected chi connectivity index (χ4v) is 2.92. The van der Waals surface area contributed by atoms with Crippen molar-refractivity contribution in [2.45, 2.75) is 6.54 Å². The predicted octanol–water partition coefficient (Wildman–Crippen LogP) is 4.50. The first-order valence-electron chi connectivity index (χ1n) is 5.94. The van der Waals surface area contributed by atoms with Crippen LogP contribution in [0, 0.1) is 5.82 Å². The minimum atomic E-state index is -0.375. The molecule has 0 bridgehead atoms. The number of halogens is 3. The molecule has 3 rings (SSSR count). The monoisotopic (exact) mass is 353 g/mol. The second-order valence-corrected chi connectivity index (χ2v) is 5.56. The number of hydrogen-bond acceptors (Lipinski definition) is 2. The minimum absolute atomic E-state index is 0.334. The van der Waals surface area contributed by atoms with Gasteiger partial charge in [-0.3, -0.25) is 0 Å². The number of nitrogens with zero attached hydrogens (tertiary/aromatic N) is 2. The van der Waals surface area contributed by atoms with E-state index in [-0.39, 0.29) is 5.82 Å². The number of fused-ring (bicyclic) bond motifs is 1. The SMILES string of the molecule is Fc1cc(Cl)c(NCc2cn3ccccc3n2)c(Br)c1. The smallest absolute Gasteiger partial charge is 0.137 e. The zero-order valence-electron chi connectivity index (χ0n) is 10.3. The predicted molar refractivity (Wildman–Crippen MR) is 81.6 cm³/mol. The highest BCUT2D eigenvalue weighted by molar-refractivity contribution is 9.10. The van der Waals surface area contributed by atoms with Gasteiger partial charge in [-0.25, -0.2) is 9.37 Å². The molecule has 0 radical (unpaired) electrons. The van der Waals surface area contributed by atoms with Crippen LogP contribution >= 0.6 is 27.5 Å². The van der Waals surface area contributed by atoms with Crippen LogP contribution in [0.4, 0.5) is 10.1 Å². The molecule has 0 saturated heterocycles. The van der Waals surface area contributed by atoms with Crippen LogP contribution in [0.2, 0.25) is 5.02 Å². The van der Waals surface area contributed by atoms with Gasteiger partial charge in [-0.1, -0.05) is 17.7 Å². The number of nitrogens with one attached hydrogen (secondary N) is 1. The Balaban J connectivity index is 1.83. The van der Waals surface area contributed by atoms with Gasteiger partial charge in [-0.05, 0) is 40.2 Å². The van der Waals surface area contributed by atoms with Crippen LogP contribution in [0.5, 0.6) is 0 Å². The second-order valence-electron chi connectivity index (χ2n) is 4.30. The molecule has 0 fully saturated rings. The summed E-state index contributed by atoms with van der Waals surface area (Å²) in [5.74, 6) is -0.375. The van der Waals surface area contributed by atoms with Crippen LogP contribution in [-0.4, -0.2) is 9.38 Å². The second kappa shape index (κ2) is 5.42. The standard InChI is InChI=1S/C14H10BrClFN3/c15-11-5-9(17)6-12(16)14(11)18-7-10-8-20-4-2-1-3-13(20)19-10/h1-6,8,18H,7H2. The van der Waals surface area contributed by atoms with Gasteiger partial charge in [0.2, 0.25) is 0 Å². The lowest BCUT2D eigenvalue weighted by molar-refractivity contribution is 0.627. The van der Waals surface area contributed by atoms with E-state index in [1.54, 1.807) is 0 Å². The van der Waals surface area contributed by atoms with Crippen molar-refractivity contribution in [2.75, 3.05) is 5.32 Å². The molecule has 0 saturated carbocycles. The molecule has 1 aromatic carbocycles. The van der Waals surface area contributed by atoms with Gasteiger partial charge in [0.05, 0.1) is 22.9 Å². The van der Waals surface area contributed by atoms with Crippen LogP contribution in [0.25, 0.3) is 5.65 Å². The molecular formula is C14H10BrClFN3. The van der Waals surface area contributed by atoms with Crippen LogP contribution in [0.3, 0.4) is 0 Å². The molecule has 0 aliphatic carbocycles. The molecule has 20 heavy (non-hydrogen) atoms. The fourth-order valence-electron chi connectivity index (χ4n) is 1.96. The van der Waals surface area contributed by atoms with E-state index in [9.17, 15) is 4.39 Å². The van der Waals surface area contributed by atoms with Gasteiger partial charge in [-0.2, -0.15) is 0 Å². The summed E-state index contributed by atoms with van der Waals surface area (Å²) in [6.07, 6.45) is 3.88. The number of hydrogen-bond donors (Lipinski definition) is 1. The molecule has 0 aliphatic rings. The first kappa shape index (κ1) is 13.4. The van der Waals surface area contributed by atoms with Crippen molar-refractivity contribution in [1.29, 1.82) is 0 Å². The summed E-state index contributed by atoms with van der Waals surface area (Å²) >= 11 is 9.32. The summed E-state index contributed by atoms with van der Waals surface area (Å²) in [5.41, 5.74) is 2.42. The van der Waals surface area contributed by atoms with Crippen molar-refractivity contribution in [3.8, 4) is 0 Å². The first-order valence-corrected chi connectivity index (χ1v) is 7.11. The van der Waals surface area contributed by atoms with Crippen molar-refractivity contribution in [1.82, 2.24) is 9.38 Å². The normalized spacial score (nSPS) is 10.9. The molecule has 0 spiro atoms. The Hall–Kier alpha value is -1.59. The molecule has 2 aromatic heterocycles. The van der Waals surface area contributed by atoms with E-state index in [4.69, 9.17) is 11.6 Å². The van der Waals surface area contributed by atoms with Gasteiger partial charge in [0.15, 0.2) is 0 Å². The summed E-state index contributed by atoms with van der Waals surface area (Å²) in [7, 11) is 0. The quantitative estimate of drug-likeness (QED) is 0.750. The Labute approximate surface area is 128 Å². The van der Waals surface area contributed by atoms with E-state index < -0.39 is 0 Å². The highest BCUT2D eigenvalue weighted by Crippen LogP contribution is 2.31. The minimum Gasteiger partial charge on any atom is -0.377 e. The Morgan fingerprint density at radius 3 is 2.95 bits per heavy atom. The van der Waals surface area contributed by atoms with E-state index >= 15 is 0 Å². The average Bonchev–Trinajstić information content (AvgIpc) is 2.80. The number of aromatic nitrogens is 2. The van der Waals surface area contributed by atoms with E-state index in [0.29, 0.717) is 21.7 Å². The zero-order chi connectivity index (χ0) is 14.1. The highest BCUT2D eigenvalue weighted by atomic mass is 79.9. The van der Waals surface area contributed by atoms with Crippen molar-refractivity contribution in [3.63, 3.8) is 0 Å². The third-order valence-electron chi connectivity index (χ3n) is 2.87. The summed E-state index contributed by atoms with van der Waals surface area (Å²) in [6, 6.07) is 8.47. The lowest BCUT2D eigenvalue weighted by Crippen LogP contribution is -2.01. The number of rotatable bonds is 3. The van der Waals surface area contributed by atoms with Crippen LogP contribution in [0.15, 0.2) is 47.2 Å². The molecule has 6 heteroatoms. The summed E-state index contributed by atoms with van der Waals surface area (Å²) in [5, 5.41) is 3.50. The van der Waals surface area contributed by atoms with E-state index in [2.05, 4.69) is 26.2 Å². The first-order chi connectivity index (χ1) is 9.63. The summed E-state index contributed by atoms with van der Waals surface area (Å²) < 4.78 is 15.7. The lowest BCUT2D eigenvalue weighted by Gasteiger charge is -2.09. The highest BCUT2D eigenvalue weighted by Gasteiger charge is 2.08. The van der Waals surface area contributed by atoms with E-state index in [0.717, 1.165) is 11.3 Å². The zero-order valence-corrected chi connectivity index (χ0v) is 12.6. The topological polar surface area (TPSA) is 29.3 Å². The molecule has 102 valence electrons. The van der Waals surface area contributed by atoms with E-state index in [1.807, 2.05) is 35.0 Å². The lowest BCUT2D eigenvalue weighted by atomic mass is 10.3.